The summed E-state index contributed by atoms with van der Waals surface area (Å²) in [6.45, 7) is 0. The number of nitrogens with one attached hydrogen (secondary N) is 2. The second kappa shape index (κ2) is 7.22. The van der Waals surface area contributed by atoms with Crippen LogP contribution in [0.1, 0.15) is 31.2 Å². The number of aromatic amines is 1. The Hall–Kier alpha value is -3.08. The van der Waals surface area contributed by atoms with E-state index in [9.17, 15) is 26.4 Å². The van der Waals surface area contributed by atoms with Crippen LogP contribution in [0.5, 0.6) is 0 Å². The Morgan fingerprint density at radius 2 is 1.84 bits per heavy atom. The van der Waals surface area contributed by atoms with Gasteiger partial charge in [-0.1, -0.05) is 6.07 Å². The predicted molar refractivity (Wildman–Crippen MR) is 114 cm³/mol. The first-order valence-corrected chi connectivity index (χ1v) is 11.7. The normalized spacial score (nSPS) is 16.8. The van der Waals surface area contributed by atoms with Crippen molar-refractivity contribution in [2.45, 2.75) is 43.2 Å². The molecule has 5 rings (SSSR count). The number of hydrogen-bond donors (Lipinski definition) is 2. The third-order valence-electron chi connectivity index (χ3n) is 5.67. The van der Waals surface area contributed by atoms with Crippen LogP contribution in [-0.4, -0.2) is 36.1 Å². The zero-order valence-corrected chi connectivity index (χ0v) is 17.5. The number of alkyl halides is 3. The molecular formula is C21H19F3N4O3S. The standard InChI is InChI=1S/C21H19F3N4O3S/c22-21(23,24)18-9-12(27-32(30,31)14-4-5-14)1-6-15(18)17-10-19(28(11-29)13-2-3-13)26-20-16(17)7-8-25-20/h1,6-11,13-14,27H,2-5H2,(H,25,26). The highest BCUT2D eigenvalue weighted by molar-refractivity contribution is 7.93. The molecule has 32 heavy (non-hydrogen) atoms. The summed E-state index contributed by atoms with van der Waals surface area (Å²) < 4.78 is 68.8. The Bertz CT molecular complexity index is 1310. The van der Waals surface area contributed by atoms with Gasteiger partial charge in [-0.05, 0) is 61.1 Å². The molecule has 2 aromatic heterocycles. The van der Waals surface area contributed by atoms with Gasteiger partial charge in [0.25, 0.3) is 0 Å². The van der Waals surface area contributed by atoms with E-state index in [4.69, 9.17) is 0 Å². The number of carbonyl (C=O) groups excluding carboxylic acids is 1. The molecule has 2 aliphatic carbocycles. The Morgan fingerprint density at radius 3 is 2.47 bits per heavy atom. The van der Waals surface area contributed by atoms with E-state index in [1.165, 1.54) is 23.1 Å². The van der Waals surface area contributed by atoms with Crippen LogP contribution in [0.4, 0.5) is 24.7 Å². The fourth-order valence-electron chi connectivity index (χ4n) is 3.76. The highest BCUT2D eigenvalue weighted by Gasteiger charge is 2.38. The monoisotopic (exact) mass is 464 g/mol. The zero-order valence-electron chi connectivity index (χ0n) is 16.7. The fourth-order valence-corrected chi connectivity index (χ4v) is 5.14. The molecular weight excluding hydrogens is 445 g/mol. The largest absolute Gasteiger partial charge is 0.417 e. The highest BCUT2D eigenvalue weighted by atomic mass is 32.2. The predicted octanol–water partition coefficient (Wildman–Crippen LogP) is 4.28. The molecule has 2 N–H and O–H groups in total. The van der Waals surface area contributed by atoms with Crippen molar-refractivity contribution in [3.63, 3.8) is 0 Å². The number of halogens is 3. The Kier molecular flexibility index (Phi) is 4.70. The summed E-state index contributed by atoms with van der Waals surface area (Å²) in [6.07, 6.45) is 0.0866. The molecule has 2 heterocycles. The number of anilines is 2. The molecule has 2 saturated carbocycles. The van der Waals surface area contributed by atoms with Gasteiger partial charge in [-0.25, -0.2) is 13.4 Å². The summed E-state index contributed by atoms with van der Waals surface area (Å²) in [5.41, 5.74) is -0.627. The van der Waals surface area contributed by atoms with Crippen LogP contribution in [0, 0.1) is 0 Å². The quantitative estimate of drug-likeness (QED) is 0.511. The smallest absolute Gasteiger partial charge is 0.346 e. The van der Waals surface area contributed by atoms with Crippen molar-refractivity contribution in [2.75, 3.05) is 9.62 Å². The van der Waals surface area contributed by atoms with Crippen LogP contribution in [0.15, 0.2) is 36.5 Å². The maximum Gasteiger partial charge on any atom is 0.417 e. The van der Waals surface area contributed by atoms with Crippen molar-refractivity contribution in [3.8, 4) is 11.1 Å². The first-order valence-electron chi connectivity index (χ1n) is 10.1. The molecule has 0 spiro atoms. The lowest BCUT2D eigenvalue weighted by molar-refractivity contribution is -0.137. The van der Waals surface area contributed by atoms with Crippen LogP contribution in [0.25, 0.3) is 22.2 Å². The van der Waals surface area contributed by atoms with Gasteiger partial charge in [0.1, 0.15) is 11.5 Å². The number of aromatic nitrogens is 2. The molecule has 3 aromatic rings. The van der Waals surface area contributed by atoms with Gasteiger partial charge in [-0.15, -0.1) is 0 Å². The van der Waals surface area contributed by atoms with Gasteiger partial charge >= 0.3 is 6.18 Å². The van der Waals surface area contributed by atoms with E-state index in [2.05, 4.69) is 14.7 Å². The molecule has 0 saturated heterocycles. The second-order valence-corrected chi connectivity index (χ2v) is 10.1. The molecule has 2 aliphatic rings. The molecule has 11 heteroatoms. The van der Waals surface area contributed by atoms with E-state index in [1.807, 2.05) is 0 Å². The third kappa shape index (κ3) is 3.81. The molecule has 0 bridgehead atoms. The van der Waals surface area contributed by atoms with Crippen LogP contribution in [-0.2, 0) is 21.0 Å². The summed E-state index contributed by atoms with van der Waals surface area (Å²) in [7, 11) is -3.71. The number of nitrogens with zero attached hydrogens (tertiary/aromatic N) is 2. The lowest BCUT2D eigenvalue weighted by atomic mass is 9.97. The van der Waals surface area contributed by atoms with Crippen molar-refractivity contribution in [1.29, 1.82) is 0 Å². The number of H-pyrrole nitrogens is 1. The van der Waals surface area contributed by atoms with E-state index in [1.54, 1.807) is 12.3 Å². The van der Waals surface area contributed by atoms with Gasteiger partial charge in [0, 0.05) is 23.3 Å². The average Bonchev–Trinajstić information content (AvgIpc) is 3.65. The Morgan fingerprint density at radius 1 is 1.09 bits per heavy atom. The number of benzene rings is 1. The van der Waals surface area contributed by atoms with Crippen molar-refractivity contribution in [1.82, 2.24) is 9.97 Å². The molecule has 0 atom stereocenters. The van der Waals surface area contributed by atoms with Crippen molar-refractivity contribution >= 4 is 39.0 Å². The number of pyridine rings is 1. The number of fused-ring (bicyclic) bond motifs is 1. The summed E-state index contributed by atoms with van der Waals surface area (Å²) in [5, 5.41) is -0.0947. The van der Waals surface area contributed by atoms with Crippen LogP contribution in [0.3, 0.4) is 0 Å². The highest BCUT2D eigenvalue weighted by Crippen LogP contribution is 2.43. The van der Waals surface area contributed by atoms with Crippen molar-refractivity contribution in [3.05, 3.63) is 42.1 Å². The summed E-state index contributed by atoms with van der Waals surface area (Å²) in [5.74, 6) is 0.263. The molecule has 0 radical (unpaired) electrons. The molecule has 2 fully saturated rings. The fraction of sp³-hybridized carbons (Fsp3) is 0.333. The minimum Gasteiger partial charge on any atom is -0.346 e. The first-order chi connectivity index (χ1) is 15.2. The first kappa shape index (κ1) is 20.8. The third-order valence-corrected chi connectivity index (χ3v) is 7.54. The average molecular weight is 464 g/mol. The number of carbonyl (C=O) groups is 1. The van der Waals surface area contributed by atoms with Crippen LogP contribution >= 0.6 is 0 Å². The lowest BCUT2D eigenvalue weighted by Gasteiger charge is -2.19. The minimum atomic E-state index is -4.73. The van der Waals surface area contributed by atoms with Gasteiger partial charge < -0.3 is 4.98 Å². The molecule has 7 nitrogen and oxygen atoms in total. The van der Waals surface area contributed by atoms with Crippen LogP contribution in [0.2, 0.25) is 0 Å². The minimum absolute atomic E-state index is 0.0124. The SMILES string of the molecule is O=CN(c1cc(-c2ccc(NS(=O)(=O)C3CC3)cc2C(F)(F)F)c2cc[nH]c2n1)C1CC1. The van der Waals surface area contributed by atoms with E-state index in [0.717, 1.165) is 18.9 Å². The molecule has 1 aromatic carbocycles. The molecule has 168 valence electrons. The number of rotatable bonds is 7. The Labute approximate surface area is 181 Å². The van der Waals surface area contributed by atoms with Gasteiger partial charge in [-0.2, -0.15) is 13.2 Å². The van der Waals surface area contributed by atoms with E-state index in [-0.39, 0.29) is 28.7 Å². The van der Waals surface area contributed by atoms with Gasteiger partial charge in [-0.3, -0.25) is 14.4 Å². The van der Waals surface area contributed by atoms with Crippen molar-refractivity contribution in [2.24, 2.45) is 0 Å². The van der Waals surface area contributed by atoms with Crippen LogP contribution < -0.4 is 9.62 Å². The summed E-state index contributed by atoms with van der Waals surface area (Å²) >= 11 is 0. The molecule has 0 aliphatic heterocycles. The second-order valence-electron chi connectivity index (χ2n) is 8.12. The zero-order chi connectivity index (χ0) is 22.7. The van der Waals surface area contributed by atoms with E-state index < -0.39 is 27.0 Å². The van der Waals surface area contributed by atoms with Gasteiger partial charge in [0.2, 0.25) is 16.4 Å². The number of amides is 1. The van der Waals surface area contributed by atoms with E-state index in [0.29, 0.717) is 30.3 Å². The lowest BCUT2D eigenvalue weighted by Crippen LogP contribution is -2.24. The van der Waals surface area contributed by atoms with E-state index >= 15 is 0 Å². The van der Waals surface area contributed by atoms with Crippen molar-refractivity contribution < 1.29 is 26.4 Å². The number of sulfonamides is 1. The summed E-state index contributed by atoms with van der Waals surface area (Å²) in [6, 6.07) is 6.46. The Balaban J connectivity index is 1.65. The molecule has 1 amide bonds. The maximum atomic E-state index is 14.0. The summed E-state index contributed by atoms with van der Waals surface area (Å²) in [4.78, 5) is 20.3. The maximum absolute atomic E-state index is 14.0. The van der Waals surface area contributed by atoms with Gasteiger partial charge in [0.05, 0.1) is 10.8 Å². The topological polar surface area (TPSA) is 95.2 Å². The number of hydrogen-bond acceptors (Lipinski definition) is 4. The molecule has 0 unspecified atom stereocenters. The van der Waals surface area contributed by atoms with Gasteiger partial charge in [0.15, 0.2) is 0 Å².